The van der Waals surface area contributed by atoms with Gasteiger partial charge in [-0.2, -0.15) is 0 Å². The lowest BCUT2D eigenvalue weighted by molar-refractivity contribution is -0.143. The second kappa shape index (κ2) is 9.84. The number of carbonyl (C=O) groups excluding carboxylic acids is 2. The van der Waals surface area contributed by atoms with Gasteiger partial charge in [-0.3, -0.25) is 14.5 Å². The molecule has 0 saturated heterocycles. The van der Waals surface area contributed by atoms with Crippen LogP contribution in [0, 0.1) is 0 Å². The van der Waals surface area contributed by atoms with Crippen LogP contribution in [-0.4, -0.2) is 49.8 Å². The predicted octanol–water partition coefficient (Wildman–Crippen LogP) is 3.46. The Balaban J connectivity index is 1.83. The highest BCUT2D eigenvalue weighted by molar-refractivity contribution is 7.09. The summed E-state index contributed by atoms with van der Waals surface area (Å²) in [5.41, 5.74) is 2.24. The first-order chi connectivity index (χ1) is 14.0. The minimum Gasteiger partial charge on any atom is -0.479 e. The van der Waals surface area contributed by atoms with Crippen molar-refractivity contribution >= 4 is 28.9 Å². The molecule has 1 aromatic heterocycles. The minimum absolute atomic E-state index is 0.136. The van der Waals surface area contributed by atoms with Gasteiger partial charge in [-0.25, -0.2) is 4.98 Å². The number of fused-ring (bicyclic) bond motifs is 1. The molecule has 0 fully saturated rings. The second-order valence-corrected chi connectivity index (χ2v) is 7.75. The fourth-order valence-corrected chi connectivity index (χ4v) is 3.77. The topological polar surface area (TPSA) is 78.0 Å². The first kappa shape index (κ1) is 21.3. The van der Waals surface area contributed by atoms with Crippen molar-refractivity contribution in [3.63, 3.8) is 0 Å². The third-order valence-electron chi connectivity index (χ3n) is 4.58. The van der Waals surface area contributed by atoms with Crippen LogP contribution in [-0.2, 0) is 25.5 Å². The van der Waals surface area contributed by atoms with Gasteiger partial charge in [0.2, 0.25) is 0 Å². The fraction of sp³-hybridized carbons (Fsp3) is 0.476. The first-order valence-corrected chi connectivity index (χ1v) is 10.6. The summed E-state index contributed by atoms with van der Waals surface area (Å²) in [6.07, 6.45) is 1.83. The van der Waals surface area contributed by atoms with Crippen molar-refractivity contribution in [1.82, 2.24) is 4.98 Å². The maximum Gasteiger partial charge on any atom is 0.326 e. The van der Waals surface area contributed by atoms with E-state index in [0.29, 0.717) is 24.7 Å². The molecule has 0 spiro atoms. The summed E-state index contributed by atoms with van der Waals surface area (Å²) in [4.78, 5) is 31.0. The highest BCUT2D eigenvalue weighted by Gasteiger charge is 2.33. The number of thiazole rings is 1. The van der Waals surface area contributed by atoms with Crippen molar-refractivity contribution in [2.45, 2.75) is 39.2 Å². The van der Waals surface area contributed by atoms with E-state index in [0.717, 1.165) is 35.5 Å². The van der Waals surface area contributed by atoms with E-state index < -0.39 is 12.1 Å². The number of aromatic nitrogens is 1. The molecule has 1 aromatic carbocycles. The van der Waals surface area contributed by atoms with Crippen molar-refractivity contribution in [3.05, 3.63) is 28.6 Å². The van der Waals surface area contributed by atoms with Crippen molar-refractivity contribution in [3.8, 4) is 17.0 Å². The molecule has 1 amide bonds. The maximum atomic E-state index is 12.7. The monoisotopic (exact) mass is 418 g/mol. The number of hydrogen-bond acceptors (Lipinski definition) is 7. The Kier molecular flexibility index (Phi) is 7.22. The van der Waals surface area contributed by atoms with E-state index in [4.69, 9.17) is 14.2 Å². The SMILES string of the molecule is CCCCOC(=O)CN1C(=O)C(C)Oc2ccc(-c3csc(CCOC)n3)cc21. The molecular formula is C21H26N2O5S. The number of ether oxygens (including phenoxy) is 3. The van der Waals surface area contributed by atoms with Crippen molar-refractivity contribution < 1.29 is 23.8 Å². The number of benzene rings is 1. The van der Waals surface area contributed by atoms with E-state index in [9.17, 15) is 9.59 Å². The number of carbonyl (C=O) groups is 2. The number of anilines is 1. The molecule has 0 bridgehead atoms. The zero-order chi connectivity index (χ0) is 20.8. The first-order valence-electron chi connectivity index (χ1n) is 9.75. The number of amides is 1. The van der Waals surface area contributed by atoms with Gasteiger partial charge in [0.05, 0.1) is 29.6 Å². The number of unbranched alkanes of at least 4 members (excludes halogenated alkanes) is 1. The molecule has 29 heavy (non-hydrogen) atoms. The van der Waals surface area contributed by atoms with Crippen molar-refractivity contribution in [1.29, 1.82) is 0 Å². The molecule has 0 radical (unpaired) electrons. The average molecular weight is 419 g/mol. The van der Waals surface area contributed by atoms with Gasteiger partial charge < -0.3 is 14.2 Å². The van der Waals surface area contributed by atoms with Crippen LogP contribution in [0.4, 0.5) is 5.69 Å². The number of rotatable bonds is 9. The molecule has 1 unspecified atom stereocenters. The average Bonchev–Trinajstić information content (AvgIpc) is 3.19. The zero-order valence-corrected chi connectivity index (χ0v) is 17.8. The third-order valence-corrected chi connectivity index (χ3v) is 5.49. The predicted molar refractivity (Wildman–Crippen MR) is 111 cm³/mol. The lowest BCUT2D eigenvalue weighted by Crippen LogP contribution is -2.47. The van der Waals surface area contributed by atoms with Gasteiger partial charge in [-0.15, -0.1) is 11.3 Å². The molecule has 2 aromatic rings. The van der Waals surface area contributed by atoms with E-state index in [1.165, 1.54) is 4.90 Å². The van der Waals surface area contributed by atoms with Gasteiger partial charge in [0.15, 0.2) is 6.10 Å². The number of methoxy groups -OCH3 is 1. The van der Waals surface area contributed by atoms with E-state index in [-0.39, 0.29) is 12.5 Å². The Labute approximate surface area is 174 Å². The Morgan fingerprint density at radius 2 is 2.17 bits per heavy atom. The van der Waals surface area contributed by atoms with Crippen LogP contribution >= 0.6 is 11.3 Å². The van der Waals surface area contributed by atoms with Crippen LogP contribution in [0.3, 0.4) is 0 Å². The Bertz CT molecular complexity index is 867. The largest absolute Gasteiger partial charge is 0.479 e. The summed E-state index contributed by atoms with van der Waals surface area (Å²) in [6.45, 7) is 4.54. The molecule has 3 rings (SSSR count). The Morgan fingerprint density at radius 1 is 1.34 bits per heavy atom. The van der Waals surface area contributed by atoms with Crippen LogP contribution in [0.15, 0.2) is 23.6 Å². The van der Waals surface area contributed by atoms with Gasteiger partial charge in [0.25, 0.3) is 5.91 Å². The summed E-state index contributed by atoms with van der Waals surface area (Å²) >= 11 is 1.57. The molecule has 0 N–H and O–H groups in total. The fourth-order valence-electron chi connectivity index (χ4n) is 2.98. The lowest BCUT2D eigenvalue weighted by atomic mass is 10.1. The van der Waals surface area contributed by atoms with Crippen LogP contribution in [0.5, 0.6) is 5.75 Å². The summed E-state index contributed by atoms with van der Waals surface area (Å²) in [7, 11) is 1.66. The summed E-state index contributed by atoms with van der Waals surface area (Å²) in [5.74, 6) is -0.119. The molecule has 1 atom stereocenters. The van der Waals surface area contributed by atoms with Gasteiger partial charge in [0.1, 0.15) is 12.3 Å². The highest BCUT2D eigenvalue weighted by Crippen LogP contribution is 2.37. The standard InChI is InChI=1S/C21H26N2O5S/c1-4-5-9-27-20(24)12-23-17-11-15(6-7-18(17)28-14(2)21(23)25)16-13-29-19(22-16)8-10-26-3/h6-7,11,13-14H,4-5,8-10,12H2,1-3H3. The number of esters is 1. The molecule has 1 aliphatic rings. The molecular weight excluding hydrogens is 392 g/mol. The van der Waals surface area contributed by atoms with E-state index in [2.05, 4.69) is 4.98 Å². The number of nitrogens with zero attached hydrogens (tertiary/aromatic N) is 2. The summed E-state index contributed by atoms with van der Waals surface area (Å²) in [6, 6.07) is 5.57. The molecule has 0 aliphatic carbocycles. The second-order valence-electron chi connectivity index (χ2n) is 6.81. The molecule has 7 nitrogen and oxygen atoms in total. The van der Waals surface area contributed by atoms with Gasteiger partial charge in [0, 0.05) is 24.5 Å². The van der Waals surface area contributed by atoms with E-state index >= 15 is 0 Å². The van der Waals surface area contributed by atoms with Crippen LogP contribution in [0.2, 0.25) is 0 Å². The molecule has 8 heteroatoms. The van der Waals surface area contributed by atoms with Gasteiger partial charge >= 0.3 is 5.97 Å². The van der Waals surface area contributed by atoms with E-state index in [1.807, 2.05) is 30.5 Å². The minimum atomic E-state index is -0.656. The van der Waals surface area contributed by atoms with Crippen LogP contribution in [0.25, 0.3) is 11.3 Å². The Morgan fingerprint density at radius 3 is 2.93 bits per heavy atom. The van der Waals surface area contributed by atoms with Gasteiger partial charge in [-0.1, -0.05) is 13.3 Å². The molecule has 0 saturated carbocycles. The Hall–Kier alpha value is -2.45. The lowest BCUT2D eigenvalue weighted by Gasteiger charge is -2.32. The summed E-state index contributed by atoms with van der Waals surface area (Å²) < 4.78 is 16.1. The highest BCUT2D eigenvalue weighted by atomic mass is 32.1. The van der Waals surface area contributed by atoms with Crippen molar-refractivity contribution in [2.24, 2.45) is 0 Å². The zero-order valence-electron chi connectivity index (χ0n) is 17.0. The smallest absolute Gasteiger partial charge is 0.326 e. The maximum absolute atomic E-state index is 12.7. The quantitative estimate of drug-likeness (QED) is 0.458. The van der Waals surface area contributed by atoms with Crippen LogP contribution < -0.4 is 9.64 Å². The molecule has 156 valence electrons. The van der Waals surface area contributed by atoms with Crippen LogP contribution in [0.1, 0.15) is 31.7 Å². The van der Waals surface area contributed by atoms with Gasteiger partial charge in [-0.05, 0) is 31.5 Å². The molecule has 2 heterocycles. The van der Waals surface area contributed by atoms with E-state index in [1.54, 1.807) is 25.4 Å². The van der Waals surface area contributed by atoms with Crippen molar-refractivity contribution in [2.75, 3.05) is 31.8 Å². The summed E-state index contributed by atoms with van der Waals surface area (Å²) in [5, 5.41) is 2.96. The third kappa shape index (κ3) is 5.13. The number of hydrogen-bond donors (Lipinski definition) is 0. The normalized spacial score (nSPS) is 15.8. The molecule has 1 aliphatic heterocycles.